The molecule has 0 saturated heterocycles. The van der Waals surface area contributed by atoms with Crippen LogP contribution < -0.4 is 47.4 Å². The second kappa shape index (κ2) is 27.5. The molecule has 0 spiro atoms. The van der Waals surface area contributed by atoms with E-state index in [1.165, 1.54) is 0 Å². The molecule has 85 heavy (non-hydrogen) atoms. The van der Waals surface area contributed by atoms with E-state index >= 15 is 0 Å². The van der Waals surface area contributed by atoms with Crippen molar-refractivity contribution >= 4 is 0 Å². The van der Waals surface area contributed by atoms with Crippen molar-refractivity contribution in [1.82, 2.24) is 0 Å². The fourth-order valence-electron chi connectivity index (χ4n) is 10.9. The van der Waals surface area contributed by atoms with Gasteiger partial charge in [-0.15, -0.1) is 0 Å². The summed E-state index contributed by atoms with van der Waals surface area (Å²) in [5.41, 5.74) is 14.2. The van der Waals surface area contributed by atoms with E-state index in [0.29, 0.717) is 123 Å². The summed E-state index contributed by atoms with van der Waals surface area (Å²) in [6, 6.07) is 71.9. The Morgan fingerprint density at radius 2 is 0.341 bits per heavy atom. The van der Waals surface area contributed by atoms with Gasteiger partial charge in [0, 0.05) is 87.7 Å². The SMILES string of the molecule is COc1cc2c(OCc3ccccc3)cc1Cc1cc(OCc3ccccc3)c(cc1OC)Cc1cc(OCc3ccccc3)c(cc1OC)Cc1cc(OC)c(cc1OCc1ccccc1)Cc1cc(OC)c(cc1OCc1ccccc1)C2. The van der Waals surface area contributed by atoms with Crippen molar-refractivity contribution in [3.8, 4) is 57.5 Å². The first-order valence-electron chi connectivity index (χ1n) is 28.7. The predicted octanol–water partition coefficient (Wildman–Crippen LogP) is 15.9. The van der Waals surface area contributed by atoms with E-state index in [0.717, 1.165) is 83.5 Å². The van der Waals surface area contributed by atoms with E-state index in [4.69, 9.17) is 47.4 Å². The zero-order chi connectivity index (χ0) is 58.3. The van der Waals surface area contributed by atoms with E-state index in [-0.39, 0.29) is 0 Å². The Hall–Kier alpha value is -9.80. The molecule has 10 nitrogen and oxygen atoms in total. The highest BCUT2D eigenvalue weighted by Crippen LogP contribution is 2.43. The third kappa shape index (κ3) is 14.2. The second-order valence-electron chi connectivity index (χ2n) is 21.1. The summed E-state index contributed by atoms with van der Waals surface area (Å²) in [7, 11) is 8.55. The fraction of sp³-hybridized carbons (Fsp3) is 0.200. The smallest absolute Gasteiger partial charge is 0.123 e. The molecule has 0 heterocycles. The highest BCUT2D eigenvalue weighted by molar-refractivity contribution is 5.60. The number of benzene rings is 10. The maximum Gasteiger partial charge on any atom is 0.123 e. The lowest BCUT2D eigenvalue weighted by atomic mass is 9.94. The third-order valence-electron chi connectivity index (χ3n) is 15.4. The molecule has 10 bridgehead atoms. The molecule has 0 amide bonds. The van der Waals surface area contributed by atoms with Gasteiger partial charge in [0.2, 0.25) is 0 Å². The highest BCUT2D eigenvalue weighted by atomic mass is 16.5. The van der Waals surface area contributed by atoms with Gasteiger partial charge in [-0.25, -0.2) is 0 Å². The Kier molecular flexibility index (Phi) is 18.5. The molecule has 0 radical (unpaired) electrons. The van der Waals surface area contributed by atoms with Crippen molar-refractivity contribution < 1.29 is 47.4 Å². The van der Waals surface area contributed by atoms with Crippen molar-refractivity contribution in [3.63, 3.8) is 0 Å². The largest absolute Gasteiger partial charge is 0.496 e. The lowest BCUT2D eigenvalue weighted by Crippen LogP contribution is -2.07. The summed E-state index contributed by atoms with van der Waals surface area (Å²) < 4.78 is 66.2. The average Bonchev–Trinajstić information content (AvgIpc) is 3.39. The number of hydrogen-bond acceptors (Lipinski definition) is 10. The normalized spacial score (nSPS) is 11.8. The molecule has 10 aromatic carbocycles. The summed E-state index contributed by atoms with van der Waals surface area (Å²) in [5.74, 6) is 6.95. The summed E-state index contributed by atoms with van der Waals surface area (Å²) in [6.45, 7) is 1.71. The van der Waals surface area contributed by atoms with Gasteiger partial charge in [-0.2, -0.15) is 0 Å². The van der Waals surface area contributed by atoms with Gasteiger partial charge in [-0.05, 0) is 88.5 Å². The molecule has 0 N–H and O–H groups in total. The fourth-order valence-corrected chi connectivity index (χ4v) is 10.9. The molecule has 20 rings (SSSR count). The first-order valence-corrected chi connectivity index (χ1v) is 28.7. The van der Waals surface area contributed by atoms with Crippen LogP contribution in [0.1, 0.15) is 83.5 Å². The monoisotopic (exact) mass is 1130 g/mol. The van der Waals surface area contributed by atoms with Crippen molar-refractivity contribution in [1.29, 1.82) is 0 Å². The third-order valence-corrected chi connectivity index (χ3v) is 15.4. The summed E-state index contributed by atoms with van der Waals surface area (Å²) in [5, 5.41) is 0. The molecular formula is C75H70O10. The van der Waals surface area contributed by atoms with Crippen LogP contribution in [0.5, 0.6) is 57.5 Å². The van der Waals surface area contributed by atoms with E-state index in [1.807, 2.05) is 91.0 Å². The van der Waals surface area contributed by atoms with E-state index in [1.54, 1.807) is 35.5 Å². The predicted molar refractivity (Wildman–Crippen MR) is 333 cm³/mol. The average molecular weight is 1130 g/mol. The summed E-state index contributed by atoms with van der Waals surface area (Å²) in [4.78, 5) is 0. The molecule has 0 aliphatic heterocycles. The van der Waals surface area contributed by atoms with E-state index in [2.05, 4.69) is 121 Å². The van der Waals surface area contributed by atoms with Crippen LogP contribution in [0.15, 0.2) is 212 Å². The lowest BCUT2D eigenvalue weighted by molar-refractivity contribution is 0.297. The molecule has 10 aliphatic carbocycles. The number of ether oxygens (including phenoxy) is 10. The standard InChI is InChI=1S/C75H70O10/c1-76-66-36-61-32-58-43-73(83-48-53-25-15-8-16-26-53)63(38-68(58)78-3)34-60-45-75(85-50-55-29-19-10-20-30-55)65(40-70(60)80-5)35-64-39-69(79-4)59(44-74(64)84-49-54-27-17-9-18-28-54)33-62-37-67(77-2)57(42-72(62)82-47-52-23-13-7-14-24-52)31-56(66)41-71(61)81-46-51-21-11-6-12-22-51/h6-30,36-45H,31-35,46-50H2,1-5H3. The minimum absolute atomic E-state index is 0.340. The second-order valence-corrected chi connectivity index (χ2v) is 21.1. The molecule has 0 unspecified atom stereocenters. The van der Waals surface area contributed by atoms with Gasteiger partial charge < -0.3 is 47.4 Å². The first-order chi connectivity index (χ1) is 41.8. The van der Waals surface area contributed by atoms with Crippen LogP contribution in [0.3, 0.4) is 0 Å². The number of methoxy groups -OCH3 is 5. The van der Waals surface area contributed by atoms with Crippen LogP contribution in [0.4, 0.5) is 0 Å². The maximum absolute atomic E-state index is 6.92. The molecule has 0 fully saturated rings. The van der Waals surface area contributed by atoms with E-state index in [9.17, 15) is 0 Å². The molecular weight excluding hydrogens is 1060 g/mol. The van der Waals surface area contributed by atoms with Crippen molar-refractivity contribution in [2.45, 2.75) is 65.1 Å². The van der Waals surface area contributed by atoms with Crippen LogP contribution in [0.25, 0.3) is 0 Å². The van der Waals surface area contributed by atoms with Crippen LogP contribution >= 0.6 is 0 Å². The van der Waals surface area contributed by atoms with Gasteiger partial charge >= 0.3 is 0 Å². The molecule has 430 valence electrons. The Morgan fingerprint density at radius 3 is 0.494 bits per heavy atom. The van der Waals surface area contributed by atoms with Gasteiger partial charge in [-0.1, -0.05) is 152 Å². The van der Waals surface area contributed by atoms with Crippen molar-refractivity contribution in [3.05, 3.63) is 296 Å². The highest BCUT2D eigenvalue weighted by Gasteiger charge is 2.25. The van der Waals surface area contributed by atoms with Crippen LogP contribution in [-0.2, 0) is 65.1 Å². The lowest BCUT2D eigenvalue weighted by Gasteiger charge is -2.21. The quantitative estimate of drug-likeness (QED) is 0.0735. The number of hydrogen-bond donors (Lipinski definition) is 0. The molecule has 0 aromatic heterocycles. The summed E-state index contributed by atoms with van der Waals surface area (Å²) >= 11 is 0. The van der Waals surface area contributed by atoms with Crippen molar-refractivity contribution in [2.24, 2.45) is 0 Å². The molecule has 10 aliphatic rings. The number of rotatable bonds is 20. The summed E-state index contributed by atoms with van der Waals surface area (Å²) in [6.07, 6.45) is 2.13. The maximum atomic E-state index is 6.92. The molecule has 0 saturated carbocycles. The Labute approximate surface area is 499 Å². The Balaban J connectivity index is 1.12. The molecule has 10 aromatic rings. The van der Waals surface area contributed by atoms with Crippen molar-refractivity contribution in [2.75, 3.05) is 35.5 Å². The van der Waals surface area contributed by atoms with Gasteiger partial charge in [0.25, 0.3) is 0 Å². The van der Waals surface area contributed by atoms with Crippen LogP contribution in [-0.4, -0.2) is 35.5 Å². The Morgan fingerprint density at radius 1 is 0.200 bits per heavy atom. The van der Waals surface area contributed by atoms with Gasteiger partial charge in [0.05, 0.1) is 35.5 Å². The van der Waals surface area contributed by atoms with Crippen LogP contribution in [0.2, 0.25) is 0 Å². The van der Waals surface area contributed by atoms with E-state index < -0.39 is 0 Å². The van der Waals surface area contributed by atoms with Gasteiger partial charge in [0.1, 0.15) is 90.5 Å². The zero-order valence-electron chi connectivity index (χ0n) is 48.9. The minimum atomic E-state index is 0.340. The van der Waals surface area contributed by atoms with Gasteiger partial charge in [-0.3, -0.25) is 0 Å². The Bertz CT molecular complexity index is 3830. The topological polar surface area (TPSA) is 92.3 Å². The molecule has 10 heteroatoms. The molecule has 0 atom stereocenters. The zero-order valence-corrected chi connectivity index (χ0v) is 48.9. The van der Waals surface area contributed by atoms with Crippen LogP contribution in [0, 0.1) is 0 Å². The minimum Gasteiger partial charge on any atom is -0.496 e. The van der Waals surface area contributed by atoms with Gasteiger partial charge in [0.15, 0.2) is 0 Å². The first kappa shape index (κ1) is 57.0.